The Hall–Kier alpha value is -1.68. The Labute approximate surface area is 112 Å². The van der Waals surface area contributed by atoms with Crippen LogP contribution in [0.5, 0.6) is 0 Å². The molecule has 1 heterocycles. The van der Waals surface area contributed by atoms with Crippen molar-refractivity contribution in [1.82, 2.24) is 4.90 Å². The Morgan fingerprint density at radius 3 is 2.53 bits per heavy atom. The van der Waals surface area contributed by atoms with Crippen LogP contribution in [0, 0.1) is 6.92 Å². The van der Waals surface area contributed by atoms with Crippen LogP contribution in [0.25, 0.3) is 0 Å². The summed E-state index contributed by atoms with van der Waals surface area (Å²) in [6.07, 6.45) is 2.47. The summed E-state index contributed by atoms with van der Waals surface area (Å²) in [5.74, 6) is 0.297. The van der Waals surface area contributed by atoms with E-state index in [-0.39, 0.29) is 0 Å². The maximum Gasteiger partial charge on any atom is 0.278 e. The molecule has 4 heteroatoms. The Morgan fingerprint density at radius 2 is 1.95 bits per heavy atom. The number of aliphatic imine (C=N–C) groups is 1. The molecule has 2 aliphatic rings. The minimum Gasteiger partial charge on any atom is -0.381 e. The van der Waals surface area contributed by atoms with E-state index < -0.39 is 12.0 Å². The molecule has 1 aromatic rings. The lowest BCUT2D eigenvalue weighted by Gasteiger charge is -2.42. The van der Waals surface area contributed by atoms with Gasteiger partial charge in [0.2, 0.25) is 0 Å². The van der Waals surface area contributed by atoms with Crippen molar-refractivity contribution < 1.29 is 9.90 Å². The molecule has 1 aliphatic heterocycles. The Balaban J connectivity index is 1.96. The normalized spacial score (nSPS) is 24.1. The lowest BCUT2D eigenvalue weighted by atomic mass is 9.90. The fourth-order valence-corrected chi connectivity index (χ4v) is 2.55. The zero-order chi connectivity index (χ0) is 13.4. The number of aliphatic hydroxyl groups excluding tert-OH is 1. The highest BCUT2D eigenvalue weighted by molar-refractivity contribution is 6.07. The van der Waals surface area contributed by atoms with E-state index in [1.807, 2.05) is 31.2 Å². The molecule has 0 radical (unpaired) electrons. The number of hydrogen-bond acceptors (Lipinski definition) is 3. The number of benzene rings is 1. The predicted octanol–water partition coefficient (Wildman–Crippen LogP) is 1.50. The zero-order valence-electron chi connectivity index (χ0n) is 11.0. The van der Waals surface area contributed by atoms with E-state index in [1.54, 1.807) is 0 Å². The number of aryl methyl sites for hydroxylation is 1. The maximum atomic E-state index is 11.7. The first kappa shape index (κ1) is 12.4. The summed E-state index contributed by atoms with van der Waals surface area (Å²) in [6.45, 7) is 2.40. The molecule has 0 saturated heterocycles. The maximum absolute atomic E-state index is 11.7. The Morgan fingerprint density at radius 1 is 1.26 bits per heavy atom. The van der Waals surface area contributed by atoms with Gasteiger partial charge < -0.3 is 10.0 Å². The van der Waals surface area contributed by atoms with Crippen LogP contribution in [-0.4, -0.2) is 40.4 Å². The Kier molecular flexibility index (Phi) is 3.11. The number of aliphatic hydroxyl groups is 1. The predicted molar refractivity (Wildman–Crippen MR) is 73.1 cm³/mol. The van der Waals surface area contributed by atoms with Crippen LogP contribution in [0.1, 0.15) is 30.4 Å². The van der Waals surface area contributed by atoms with Gasteiger partial charge in [0, 0.05) is 11.6 Å². The highest BCUT2D eigenvalue weighted by atomic mass is 16.3. The average Bonchev–Trinajstić information content (AvgIpc) is 2.32. The summed E-state index contributed by atoms with van der Waals surface area (Å²) in [6, 6.07) is 8.44. The molecular formula is C15H18N2O2. The molecule has 1 aromatic carbocycles. The molecule has 4 nitrogen and oxygen atoms in total. The highest BCUT2D eigenvalue weighted by Crippen LogP contribution is 2.28. The van der Waals surface area contributed by atoms with Gasteiger partial charge >= 0.3 is 0 Å². The van der Waals surface area contributed by atoms with Crippen molar-refractivity contribution >= 4 is 11.7 Å². The van der Waals surface area contributed by atoms with Crippen molar-refractivity contribution in [2.45, 2.75) is 38.3 Å². The van der Waals surface area contributed by atoms with Gasteiger partial charge in [-0.1, -0.05) is 29.8 Å². The molecular weight excluding hydrogens is 240 g/mol. The SMILES string of the molecule is Cc1ccc(C2=NC(=O)C(O)CN2C2CCC2)cc1. The minimum absolute atomic E-state index is 0.371. The van der Waals surface area contributed by atoms with E-state index in [0.717, 1.165) is 24.2 Å². The minimum atomic E-state index is -0.977. The third-order valence-electron chi connectivity index (χ3n) is 3.97. The first-order valence-corrected chi connectivity index (χ1v) is 6.79. The van der Waals surface area contributed by atoms with Crippen LogP contribution >= 0.6 is 0 Å². The molecule has 1 fully saturated rings. The van der Waals surface area contributed by atoms with Crippen molar-refractivity contribution in [1.29, 1.82) is 0 Å². The van der Waals surface area contributed by atoms with Gasteiger partial charge in [0.05, 0.1) is 6.54 Å². The van der Waals surface area contributed by atoms with E-state index in [2.05, 4.69) is 9.89 Å². The van der Waals surface area contributed by atoms with Gasteiger partial charge in [-0.05, 0) is 26.2 Å². The van der Waals surface area contributed by atoms with Gasteiger partial charge in [0.15, 0.2) is 6.10 Å². The van der Waals surface area contributed by atoms with Crippen LogP contribution in [-0.2, 0) is 4.79 Å². The third-order valence-corrected chi connectivity index (χ3v) is 3.97. The number of hydrogen-bond donors (Lipinski definition) is 1. The second-order valence-electron chi connectivity index (χ2n) is 5.39. The van der Waals surface area contributed by atoms with E-state index in [0.29, 0.717) is 12.6 Å². The van der Waals surface area contributed by atoms with E-state index >= 15 is 0 Å². The van der Waals surface area contributed by atoms with Crippen LogP contribution in [0.2, 0.25) is 0 Å². The van der Waals surface area contributed by atoms with Crippen LogP contribution < -0.4 is 0 Å². The molecule has 1 N–H and O–H groups in total. The number of carbonyl (C=O) groups is 1. The van der Waals surface area contributed by atoms with Crippen molar-refractivity contribution in [2.24, 2.45) is 4.99 Å². The fourth-order valence-electron chi connectivity index (χ4n) is 2.55. The smallest absolute Gasteiger partial charge is 0.278 e. The monoisotopic (exact) mass is 258 g/mol. The van der Waals surface area contributed by atoms with Gasteiger partial charge in [0.1, 0.15) is 5.84 Å². The Bertz CT molecular complexity index is 517. The summed E-state index contributed by atoms with van der Waals surface area (Å²) >= 11 is 0. The van der Waals surface area contributed by atoms with Crippen molar-refractivity contribution in [2.75, 3.05) is 6.54 Å². The van der Waals surface area contributed by atoms with Gasteiger partial charge in [0.25, 0.3) is 5.91 Å². The van der Waals surface area contributed by atoms with Crippen molar-refractivity contribution in [3.8, 4) is 0 Å². The zero-order valence-corrected chi connectivity index (χ0v) is 11.0. The lowest BCUT2D eigenvalue weighted by Crippen LogP contribution is -2.52. The van der Waals surface area contributed by atoms with Gasteiger partial charge in [-0.15, -0.1) is 0 Å². The van der Waals surface area contributed by atoms with Gasteiger partial charge in [-0.3, -0.25) is 4.79 Å². The molecule has 0 aromatic heterocycles. The molecule has 1 amide bonds. The highest BCUT2D eigenvalue weighted by Gasteiger charge is 2.35. The molecule has 1 atom stereocenters. The largest absolute Gasteiger partial charge is 0.381 e. The average molecular weight is 258 g/mol. The second-order valence-corrected chi connectivity index (χ2v) is 5.39. The van der Waals surface area contributed by atoms with Gasteiger partial charge in [-0.2, -0.15) is 4.99 Å². The summed E-state index contributed by atoms with van der Waals surface area (Å²) in [5.41, 5.74) is 2.14. The number of nitrogens with zero attached hydrogens (tertiary/aromatic N) is 2. The van der Waals surface area contributed by atoms with E-state index in [1.165, 1.54) is 12.0 Å². The van der Waals surface area contributed by atoms with Gasteiger partial charge in [-0.25, -0.2) is 0 Å². The number of carbonyl (C=O) groups excluding carboxylic acids is 1. The molecule has 0 spiro atoms. The summed E-state index contributed by atoms with van der Waals surface area (Å²) in [7, 11) is 0. The standard InChI is InChI=1S/C15H18N2O2/c1-10-5-7-11(8-6-10)14-16-15(19)13(18)9-17(14)12-3-2-4-12/h5-8,12-13,18H,2-4,9H2,1H3. The number of β-amino-alcohol motifs (C(OH)–C–C–N with tert-alkyl or cyclic N) is 1. The summed E-state index contributed by atoms with van der Waals surface area (Å²) < 4.78 is 0. The van der Waals surface area contributed by atoms with E-state index in [9.17, 15) is 9.90 Å². The number of amidine groups is 1. The third kappa shape index (κ3) is 2.28. The first-order valence-electron chi connectivity index (χ1n) is 6.79. The number of rotatable bonds is 2. The molecule has 3 rings (SSSR count). The molecule has 100 valence electrons. The van der Waals surface area contributed by atoms with Crippen molar-refractivity contribution in [3.05, 3.63) is 35.4 Å². The molecule has 1 aliphatic carbocycles. The number of amides is 1. The van der Waals surface area contributed by atoms with Crippen molar-refractivity contribution in [3.63, 3.8) is 0 Å². The second kappa shape index (κ2) is 4.78. The molecule has 1 unspecified atom stereocenters. The fraction of sp³-hybridized carbons (Fsp3) is 0.467. The molecule has 1 saturated carbocycles. The van der Waals surface area contributed by atoms with Crippen LogP contribution in [0.4, 0.5) is 0 Å². The lowest BCUT2D eigenvalue weighted by molar-refractivity contribution is -0.127. The molecule has 19 heavy (non-hydrogen) atoms. The van der Waals surface area contributed by atoms with E-state index in [4.69, 9.17) is 0 Å². The van der Waals surface area contributed by atoms with Crippen LogP contribution in [0.3, 0.4) is 0 Å². The summed E-state index contributed by atoms with van der Waals surface area (Å²) in [4.78, 5) is 17.9. The first-order chi connectivity index (χ1) is 9.15. The quantitative estimate of drug-likeness (QED) is 0.874. The van der Waals surface area contributed by atoms with Crippen LogP contribution in [0.15, 0.2) is 29.3 Å². The molecule has 0 bridgehead atoms. The summed E-state index contributed by atoms with van der Waals surface area (Å²) in [5, 5.41) is 9.73. The topological polar surface area (TPSA) is 52.9 Å².